The first-order chi connectivity index (χ1) is 11.3. The zero-order valence-electron chi connectivity index (χ0n) is 14.8. The minimum absolute atomic E-state index is 0.145. The summed E-state index contributed by atoms with van der Waals surface area (Å²) in [5.41, 5.74) is 1.18. The lowest BCUT2D eigenvalue weighted by Crippen LogP contribution is -2.33. The van der Waals surface area contributed by atoms with Crippen LogP contribution in [0.15, 0.2) is 16.6 Å². The van der Waals surface area contributed by atoms with Gasteiger partial charge in [-0.05, 0) is 50.5 Å². The normalized spacial score (nSPS) is 16.3. The lowest BCUT2D eigenvalue weighted by atomic mass is 10.0. The topological polar surface area (TPSA) is 81.4 Å². The predicted molar refractivity (Wildman–Crippen MR) is 91.9 cm³/mol. The van der Waals surface area contributed by atoms with Crippen LogP contribution in [0.2, 0.25) is 0 Å². The molecule has 2 rings (SSSR count). The summed E-state index contributed by atoms with van der Waals surface area (Å²) >= 11 is 0. The van der Waals surface area contributed by atoms with E-state index in [2.05, 4.69) is 5.10 Å². The van der Waals surface area contributed by atoms with Gasteiger partial charge < -0.3 is 9.84 Å². The number of ether oxygens (including phenoxy) is 1. The van der Waals surface area contributed by atoms with E-state index in [1.807, 2.05) is 27.7 Å². The molecule has 0 unspecified atom stereocenters. The molecule has 0 amide bonds. The third-order valence-corrected chi connectivity index (χ3v) is 4.02. The fourth-order valence-electron chi connectivity index (χ4n) is 2.77. The number of allylic oxidation sites excluding steroid dienone is 1. The third-order valence-electron chi connectivity index (χ3n) is 4.02. The maximum Gasteiger partial charge on any atom is 0.328 e. The molecule has 0 bridgehead atoms. The van der Waals surface area contributed by atoms with Crippen molar-refractivity contribution in [2.75, 3.05) is 6.61 Å². The molecule has 0 radical (unpaired) electrons. The summed E-state index contributed by atoms with van der Waals surface area (Å²) in [7, 11) is 0. The van der Waals surface area contributed by atoms with Crippen LogP contribution < -0.4 is 5.56 Å². The van der Waals surface area contributed by atoms with Crippen molar-refractivity contribution in [3.8, 4) is 0 Å². The summed E-state index contributed by atoms with van der Waals surface area (Å²) in [5, 5.41) is 13.9. The highest BCUT2D eigenvalue weighted by Gasteiger charge is 2.30. The maximum absolute atomic E-state index is 12.4. The van der Waals surface area contributed by atoms with Gasteiger partial charge in [0, 0.05) is 12.1 Å². The van der Waals surface area contributed by atoms with Crippen LogP contribution in [-0.4, -0.2) is 27.5 Å². The monoisotopic (exact) mass is 334 g/mol. The van der Waals surface area contributed by atoms with Gasteiger partial charge in [0.2, 0.25) is 0 Å². The number of hydrogen-bond donors (Lipinski definition) is 1. The molecule has 0 saturated heterocycles. The van der Waals surface area contributed by atoms with Crippen molar-refractivity contribution in [3.63, 3.8) is 0 Å². The molecule has 132 valence electrons. The molecule has 6 nitrogen and oxygen atoms in total. The number of rotatable bonds is 8. The summed E-state index contributed by atoms with van der Waals surface area (Å²) in [6.45, 7) is 8.14. The highest BCUT2D eigenvalue weighted by molar-refractivity contribution is 5.71. The van der Waals surface area contributed by atoms with Gasteiger partial charge in [-0.25, -0.2) is 9.48 Å². The summed E-state index contributed by atoms with van der Waals surface area (Å²) in [5.74, 6) is 0.155. The minimum atomic E-state index is -1.03. The SMILES string of the molecule is CCO/C(C)=C/c1nn([C@@H](CC(C)C)C(=O)O)c(=O)cc1C1CC1. The molecule has 1 heterocycles. The number of carboxylic acids is 1. The van der Waals surface area contributed by atoms with E-state index in [0.717, 1.165) is 23.1 Å². The Morgan fingerprint density at radius 1 is 1.50 bits per heavy atom. The number of nitrogens with zero attached hydrogens (tertiary/aromatic N) is 2. The molecule has 24 heavy (non-hydrogen) atoms. The molecule has 1 aliphatic carbocycles. The van der Waals surface area contributed by atoms with Gasteiger partial charge in [-0.2, -0.15) is 5.10 Å². The number of aromatic nitrogens is 2. The first kappa shape index (κ1) is 18.2. The molecule has 1 N–H and O–H groups in total. The average molecular weight is 334 g/mol. The Morgan fingerprint density at radius 3 is 2.67 bits per heavy atom. The smallest absolute Gasteiger partial charge is 0.328 e. The summed E-state index contributed by atoms with van der Waals surface area (Å²) in [6, 6.07) is 0.594. The van der Waals surface area contributed by atoms with Gasteiger partial charge in [-0.1, -0.05) is 13.8 Å². The Balaban J connectivity index is 2.50. The summed E-state index contributed by atoms with van der Waals surface area (Å²) in [4.78, 5) is 24.1. The molecule has 1 aliphatic rings. The van der Waals surface area contributed by atoms with Crippen LogP contribution >= 0.6 is 0 Å². The highest BCUT2D eigenvalue weighted by atomic mass is 16.5. The quantitative estimate of drug-likeness (QED) is 0.738. The van der Waals surface area contributed by atoms with E-state index in [-0.39, 0.29) is 11.5 Å². The molecule has 1 aromatic rings. The van der Waals surface area contributed by atoms with E-state index in [0.29, 0.717) is 30.4 Å². The molecule has 0 spiro atoms. The Bertz CT molecular complexity index is 687. The van der Waals surface area contributed by atoms with E-state index in [9.17, 15) is 14.7 Å². The van der Waals surface area contributed by atoms with Gasteiger partial charge in [0.15, 0.2) is 6.04 Å². The number of aliphatic carboxylic acids is 1. The summed E-state index contributed by atoms with van der Waals surface area (Å²) in [6.07, 6.45) is 4.22. The van der Waals surface area contributed by atoms with Crippen LogP contribution in [-0.2, 0) is 9.53 Å². The van der Waals surface area contributed by atoms with Crippen LogP contribution in [0.25, 0.3) is 6.08 Å². The van der Waals surface area contributed by atoms with Gasteiger partial charge in [-0.15, -0.1) is 0 Å². The number of carbonyl (C=O) groups is 1. The summed E-state index contributed by atoms with van der Waals surface area (Å²) < 4.78 is 6.57. The largest absolute Gasteiger partial charge is 0.498 e. The van der Waals surface area contributed by atoms with Gasteiger partial charge in [0.25, 0.3) is 5.56 Å². The molecular weight excluding hydrogens is 308 g/mol. The second-order valence-corrected chi connectivity index (χ2v) is 6.71. The van der Waals surface area contributed by atoms with Gasteiger partial charge in [-0.3, -0.25) is 4.79 Å². The van der Waals surface area contributed by atoms with E-state index in [1.165, 1.54) is 0 Å². The lowest BCUT2D eigenvalue weighted by molar-refractivity contribution is -0.141. The second-order valence-electron chi connectivity index (χ2n) is 6.71. The van der Waals surface area contributed by atoms with Crippen molar-refractivity contribution in [2.24, 2.45) is 5.92 Å². The molecule has 1 saturated carbocycles. The Hall–Kier alpha value is -2.11. The first-order valence-electron chi connectivity index (χ1n) is 8.51. The number of hydrogen-bond acceptors (Lipinski definition) is 4. The molecule has 6 heteroatoms. The maximum atomic E-state index is 12.4. The molecule has 1 atom stereocenters. The highest BCUT2D eigenvalue weighted by Crippen LogP contribution is 2.41. The van der Waals surface area contributed by atoms with Crippen molar-refractivity contribution in [1.82, 2.24) is 9.78 Å². The van der Waals surface area contributed by atoms with E-state index < -0.39 is 12.0 Å². The Labute approximate surface area is 142 Å². The van der Waals surface area contributed by atoms with E-state index >= 15 is 0 Å². The van der Waals surface area contributed by atoms with Crippen molar-refractivity contribution in [2.45, 2.75) is 58.9 Å². The molecule has 1 aromatic heterocycles. The van der Waals surface area contributed by atoms with E-state index in [4.69, 9.17) is 4.74 Å². The number of carboxylic acid groups (broad SMARTS) is 1. The van der Waals surface area contributed by atoms with Crippen molar-refractivity contribution < 1.29 is 14.6 Å². The predicted octanol–water partition coefficient (Wildman–Crippen LogP) is 3.19. The Kier molecular flexibility index (Phi) is 5.80. The van der Waals surface area contributed by atoms with Gasteiger partial charge in [0.1, 0.15) is 0 Å². The molecule has 0 aliphatic heterocycles. The van der Waals surface area contributed by atoms with Crippen LogP contribution in [0.3, 0.4) is 0 Å². The zero-order chi connectivity index (χ0) is 17.9. The lowest BCUT2D eigenvalue weighted by Gasteiger charge is -2.18. The average Bonchev–Trinajstić information content (AvgIpc) is 3.31. The van der Waals surface area contributed by atoms with Crippen LogP contribution in [0.4, 0.5) is 0 Å². The van der Waals surface area contributed by atoms with Crippen LogP contribution in [0.1, 0.15) is 70.2 Å². The van der Waals surface area contributed by atoms with Crippen LogP contribution in [0.5, 0.6) is 0 Å². The minimum Gasteiger partial charge on any atom is -0.498 e. The first-order valence-corrected chi connectivity index (χ1v) is 8.51. The molecular formula is C18H26N2O4. The van der Waals surface area contributed by atoms with Crippen molar-refractivity contribution in [1.29, 1.82) is 0 Å². The van der Waals surface area contributed by atoms with Gasteiger partial charge in [0.05, 0.1) is 18.1 Å². The zero-order valence-corrected chi connectivity index (χ0v) is 14.8. The second kappa shape index (κ2) is 7.64. The fraction of sp³-hybridized carbons (Fsp3) is 0.611. The van der Waals surface area contributed by atoms with Crippen molar-refractivity contribution >= 4 is 12.0 Å². The van der Waals surface area contributed by atoms with Gasteiger partial charge >= 0.3 is 5.97 Å². The Morgan fingerprint density at radius 2 is 2.17 bits per heavy atom. The van der Waals surface area contributed by atoms with Crippen LogP contribution in [0, 0.1) is 5.92 Å². The molecule has 0 aromatic carbocycles. The third kappa shape index (κ3) is 4.46. The van der Waals surface area contributed by atoms with Crippen molar-refractivity contribution in [3.05, 3.63) is 33.4 Å². The standard InChI is InChI=1S/C18H26N2O4/c1-5-24-12(4)9-15-14(13-6-7-13)10-17(21)20(19-15)16(18(22)23)8-11(2)3/h9-11,13,16H,5-8H2,1-4H3,(H,22,23)/b12-9+/t16-/m0/s1. The fourth-order valence-corrected chi connectivity index (χ4v) is 2.77. The molecule has 1 fully saturated rings. The van der Waals surface area contributed by atoms with E-state index in [1.54, 1.807) is 12.1 Å².